The lowest BCUT2D eigenvalue weighted by molar-refractivity contribution is 0.0780. The molecular formula is C19H22N2O3. The normalized spacial score (nSPS) is 20.2. The van der Waals surface area contributed by atoms with Gasteiger partial charge in [0.1, 0.15) is 5.75 Å². The summed E-state index contributed by atoms with van der Waals surface area (Å²) in [7, 11) is 1.61. The number of aryl methyl sites for hydroxylation is 1. The summed E-state index contributed by atoms with van der Waals surface area (Å²) in [6, 6.07) is 9.40. The minimum Gasteiger partial charge on any atom is -0.497 e. The molecule has 0 aliphatic carbocycles. The Bertz CT molecular complexity index is 718. The monoisotopic (exact) mass is 326 g/mol. The van der Waals surface area contributed by atoms with Crippen LogP contribution in [0.2, 0.25) is 0 Å². The summed E-state index contributed by atoms with van der Waals surface area (Å²) >= 11 is 0. The maximum absolute atomic E-state index is 12.9. The Morgan fingerprint density at radius 2 is 2.04 bits per heavy atom. The summed E-state index contributed by atoms with van der Waals surface area (Å²) in [5.41, 5.74) is 2.70. The maximum atomic E-state index is 12.9. The van der Waals surface area contributed by atoms with Crippen LogP contribution in [-0.2, 0) is 0 Å². The molecule has 1 aliphatic rings. The first-order valence-corrected chi connectivity index (χ1v) is 8.08. The fourth-order valence-corrected chi connectivity index (χ4v) is 3.38. The molecule has 0 unspecified atom stereocenters. The van der Waals surface area contributed by atoms with Crippen molar-refractivity contribution in [3.8, 4) is 5.75 Å². The smallest absolute Gasteiger partial charge is 0.254 e. The van der Waals surface area contributed by atoms with Crippen LogP contribution in [0.1, 0.15) is 27.4 Å². The van der Waals surface area contributed by atoms with Crippen LogP contribution in [0, 0.1) is 12.8 Å². The number of carbonyl (C=O) groups is 1. The zero-order chi connectivity index (χ0) is 17.1. The minimum atomic E-state index is 0.00478. The van der Waals surface area contributed by atoms with E-state index in [9.17, 15) is 9.90 Å². The van der Waals surface area contributed by atoms with Gasteiger partial charge in [-0.3, -0.25) is 9.78 Å². The predicted molar refractivity (Wildman–Crippen MR) is 91.2 cm³/mol. The van der Waals surface area contributed by atoms with Crippen molar-refractivity contribution in [2.24, 2.45) is 5.92 Å². The Kier molecular flexibility index (Phi) is 4.81. The highest BCUT2D eigenvalue weighted by Crippen LogP contribution is 2.33. The Labute approximate surface area is 141 Å². The molecule has 1 saturated heterocycles. The summed E-state index contributed by atoms with van der Waals surface area (Å²) in [5, 5.41) is 9.72. The molecule has 1 fully saturated rings. The molecule has 126 valence electrons. The Morgan fingerprint density at radius 1 is 1.29 bits per heavy atom. The molecule has 0 spiro atoms. The first-order valence-electron chi connectivity index (χ1n) is 8.08. The van der Waals surface area contributed by atoms with Gasteiger partial charge in [0, 0.05) is 49.5 Å². The van der Waals surface area contributed by atoms with Crippen molar-refractivity contribution >= 4 is 5.91 Å². The van der Waals surface area contributed by atoms with E-state index in [1.54, 1.807) is 25.6 Å². The third-order valence-corrected chi connectivity index (χ3v) is 4.76. The number of likely N-dealkylation sites (tertiary alicyclic amines) is 1. The van der Waals surface area contributed by atoms with Crippen molar-refractivity contribution in [2.45, 2.75) is 12.8 Å². The summed E-state index contributed by atoms with van der Waals surface area (Å²) in [5.74, 6) is 0.939. The third kappa shape index (κ3) is 3.12. The molecule has 1 aromatic heterocycles. The number of methoxy groups -OCH3 is 1. The van der Waals surface area contributed by atoms with E-state index in [2.05, 4.69) is 4.98 Å². The van der Waals surface area contributed by atoms with E-state index in [4.69, 9.17) is 4.74 Å². The minimum absolute atomic E-state index is 0.00478. The van der Waals surface area contributed by atoms with E-state index in [1.807, 2.05) is 36.1 Å². The molecule has 0 saturated carbocycles. The molecule has 5 heteroatoms. The van der Waals surface area contributed by atoms with Gasteiger partial charge in [-0.1, -0.05) is 0 Å². The molecule has 24 heavy (non-hydrogen) atoms. The predicted octanol–water partition coefficient (Wildman–Crippen LogP) is 2.25. The van der Waals surface area contributed by atoms with E-state index in [1.165, 1.54) is 0 Å². The van der Waals surface area contributed by atoms with Gasteiger partial charge in [0.05, 0.1) is 7.11 Å². The molecule has 1 amide bonds. The fraction of sp³-hybridized carbons (Fsp3) is 0.368. The lowest BCUT2D eigenvalue weighted by Gasteiger charge is -2.18. The average Bonchev–Trinajstić information content (AvgIpc) is 3.06. The van der Waals surface area contributed by atoms with Crippen LogP contribution >= 0.6 is 0 Å². The molecule has 0 radical (unpaired) electrons. The van der Waals surface area contributed by atoms with Gasteiger partial charge in [0.15, 0.2) is 0 Å². The van der Waals surface area contributed by atoms with Crippen molar-refractivity contribution in [1.82, 2.24) is 9.88 Å². The SMILES string of the molecule is COc1ccc(C(=O)N2C[C@@H](CO)[C@H](c3ccncc3)C2)c(C)c1. The van der Waals surface area contributed by atoms with Gasteiger partial charge in [0.2, 0.25) is 0 Å². The highest BCUT2D eigenvalue weighted by Gasteiger charge is 2.36. The zero-order valence-electron chi connectivity index (χ0n) is 14.0. The van der Waals surface area contributed by atoms with E-state index in [-0.39, 0.29) is 24.3 Å². The van der Waals surface area contributed by atoms with E-state index in [0.29, 0.717) is 18.7 Å². The molecule has 2 aromatic rings. The molecule has 1 aromatic carbocycles. The number of hydrogen-bond acceptors (Lipinski definition) is 4. The van der Waals surface area contributed by atoms with E-state index in [0.717, 1.165) is 16.9 Å². The molecule has 1 aliphatic heterocycles. The van der Waals surface area contributed by atoms with Crippen LogP contribution < -0.4 is 4.74 Å². The summed E-state index contributed by atoms with van der Waals surface area (Å²) < 4.78 is 5.20. The Balaban J connectivity index is 1.82. The summed E-state index contributed by atoms with van der Waals surface area (Å²) in [6.07, 6.45) is 3.50. The standard InChI is InChI=1S/C19H22N2O3/c1-13-9-16(24-2)3-4-17(13)19(23)21-10-15(12-22)18(11-21)14-5-7-20-8-6-14/h3-9,15,18,22H,10-12H2,1-2H3/t15-,18-/m0/s1. The van der Waals surface area contributed by atoms with Crippen LogP contribution in [0.4, 0.5) is 0 Å². The van der Waals surface area contributed by atoms with E-state index < -0.39 is 0 Å². The van der Waals surface area contributed by atoms with Gasteiger partial charge in [-0.2, -0.15) is 0 Å². The number of carbonyl (C=O) groups excluding carboxylic acids is 1. The van der Waals surface area contributed by atoms with Gasteiger partial charge in [-0.15, -0.1) is 0 Å². The van der Waals surface area contributed by atoms with Crippen molar-refractivity contribution in [1.29, 1.82) is 0 Å². The fourth-order valence-electron chi connectivity index (χ4n) is 3.38. The number of rotatable bonds is 4. The van der Waals surface area contributed by atoms with Crippen LogP contribution in [0.15, 0.2) is 42.7 Å². The lowest BCUT2D eigenvalue weighted by Crippen LogP contribution is -2.29. The molecule has 2 heterocycles. The largest absolute Gasteiger partial charge is 0.497 e. The molecule has 0 bridgehead atoms. The highest BCUT2D eigenvalue weighted by atomic mass is 16.5. The number of amides is 1. The zero-order valence-corrected chi connectivity index (χ0v) is 14.0. The summed E-state index contributed by atoms with van der Waals surface area (Å²) in [4.78, 5) is 18.8. The lowest BCUT2D eigenvalue weighted by atomic mass is 9.90. The topological polar surface area (TPSA) is 62.7 Å². The second-order valence-corrected chi connectivity index (χ2v) is 6.22. The number of pyridine rings is 1. The van der Waals surface area contributed by atoms with Gasteiger partial charge < -0.3 is 14.7 Å². The second kappa shape index (κ2) is 7.01. The highest BCUT2D eigenvalue weighted by molar-refractivity contribution is 5.96. The molecule has 1 N–H and O–H groups in total. The third-order valence-electron chi connectivity index (χ3n) is 4.76. The van der Waals surface area contributed by atoms with Crippen molar-refractivity contribution < 1.29 is 14.6 Å². The van der Waals surface area contributed by atoms with Crippen molar-refractivity contribution in [3.05, 3.63) is 59.4 Å². The van der Waals surface area contributed by atoms with Crippen molar-refractivity contribution in [3.63, 3.8) is 0 Å². The molecular weight excluding hydrogens is 304 g/mol. The molecule has 5 nitrogen and oxygen atoms in total. The average molecular weight is 326 g/mol. The van der Waals surface area contributed by atoms with Gasteiger partial charge >= 0.3 is 0 Å². The number of aliphatic hydroxyl groups excluding tert-OH is 1. The first-order chi connectivity index (χ1) is 11.6. The molecule has 2 atom stereocenters. The number of aliphatic hydroxyl groups is 1. The first kappa shape index (κ1) is 16.5. The maximum Gasteiger partial charge on any atom is 0.254 e. The van der Waals surface area contributed by atoms with Crippen LogP contribution in [-0.4, -0.2) is 47.7 Å². The van der Waals surface area contributed by atoms with Crippen molar-refractivity contribution in [2.75, 3.05) is 26.8 Å². The van der Waals surface area contributed by atoms with E-state index >= 15 is 0 Å². The van der Waals surface area contributed by atoms with Crippen LogP contribution in [0.25, 0.3) is 0 Å². The second-order valence-electron chi connectivity index (χ2n) is 6.22. The van der Waals surface area contributed by atoms with Gasteiger partial charge in [-0.25, -0.2) is 0 Å². The Hall–Kier alpha value is -2.40. The quantitative estimate of drug-likeness (QED) is 0.936. The number of nitrogens with zero attached hydrogens (tertiary/aromatic N) is 2. The Morgan fingerprint density at radius 3 is 2.67 bits per heavy atom. The van der Waals surface area contributed by atoms with Crippen LogP contribution in [0.3, 0.4) is 0 Å². The van der Waals surface area contributed by atoms with Crippen LogP contribution in [0.5, 0.6) is 5.75 Å². The number of benzene rings is 1. The van der Waals surface area contributed by atoms with Gasteiger partial charge in [0.25, 0.3) is 5.91 Å². The number of aromatic nitrogens is 1. The number of ether oxygens (including phenoxy) is 1. The van der Waals surface area contributed by atoms with Gasteiger partial charge in [-0.05, 0) is 48.4 Å². The number of hydrogen-bond donors (Lipinski definition) is 1. The summed E-state index contributed by atoms with van der Waals surface area (Å²) in [6.45, 7) is 3.15. The molecule has 3 rings (SSSR count).